The van der Waals surface area contributed by atoms with Gasteiger partial charge in [0.2, 0.25) is 5.91 Å². The zero-order valence-electron chi connectivity index (χ0n) is 19.1. The van der Waals surface area contributed by atoms with E-state index in [0.29, 0.717) is 36.2 Å². The highest BCUT2D eigenvalue weighted by atomic mass is 32.1. The van der Waals surface area contributed by atoms with E-state index < -0.39 is 0 Å². The quantitative estimate of drug-likeness (QED) is 0.531. The van der Waals surface area contributed by atoms with Gasteiger partial charge in [0.15, 0.2) is 0 Å². The lowest BCUT2D eigenvalue weighted by molar-refractivity contribution is -0.116. The first kappa shape index (κ1) is 24.4. The minimum Gasteiger partial charge on any atom is -0.379 e. The smallest absolute Gasteiger partial charge is 0.251 e. The monoisotopic (exact) mass is 457 g/mol. The lowest BCUT2D eigenvalue weighted by Crippen LogP contribution is -2.49. The molecule has 1 aliphatic rings. The highest BCUT2D eigenvalue weighted by Crippen LogP contribution is 2.16. The summed E-state index contributed by atoms with van der Waals surface area (Å²) in [5.74, 6) is 0.419. The standard InChI is InChI=1S/C25H35N3O3S/c1-19(2)16-22(28-11-13-31-14-12-28)18-26-25(30)20-6-3-7-21(17-20)27-24(29)10-4-8-23-9-5-15-32-23/h3,5-7,9,15,17,19,22H,4,8,10-14,16,18H2,1-2H3,(H,26,30)(H,27,29). The Morgan fingerprint density at radius 2 is 1.97 bits per heavy atom. The molecule has 0 saturated carbocycles. The number of carbonyl (C=O) groups is 2. The molecule has 2 amide bonds. The summed E-state index contributed by atoms with van der Waals surface area (Å²) in [6, 6.07) is 11.6. The molecule has 1 fully saturated rings. The topological polar surface area (TPSA) is 70.7 Å². The van der Waals surface area contributed by atoms with Crippen molar-refractivity contribution in [3.63, 3.8) is 0 Å². The minimum absolute atomic E-state index is 0.0246. The van der Waals surface area contributed by atoms with E-state index in [2.05, 4.69) is 40.8 Å². The maximum atomic E-state index is 12.8. The summed E-state index contributed by atoms with van der Waals surface area (Å²) in [4.78, 5) is 28.8. The van der Waals surface area contributed by atoms with Crippen LogP contribution in [0.2, 0.25) is 0 Å². The van der Waals surface area contributed by atoms with Crippen molar-refractivity contribution in [2.24, 2.45) is 5.92 Å². The number of carbonyl (C=O) groups excluding carboxylic acids is 2. The Bertz CT molecular complexity index is 848. The average Bonchev–Trinajstić information content (AvgIpc) is 3.30. The molecule has 6 nitrogen and oxygen atoms in total. The van der Waals surface area contributed by atoms with Crippen LogP contribution in [0.1, 0.15) is 48.3 Å². The number of anilines is 1. The SMILES string of the molecule is CC(C)CC(CNC(=O)c1cccc(NC(=O)CCCc2cccs2)c1)N1CCOCC1. The predicted molar refractivity (Wildman–Crippen MR) is 130 cm³/mol. The summed E-state index contributed by atoms with van der Waals surface area (Å²) in [5, 5.41) is 8.08. The molecule has 2 N–H and O–H groups in total. The second-order valence-electron chi connectivity index (χ2n) is 8.70. The lowest BCUT2D eigenvalue weighted by Gasteiger charge is -2.35. The Hall–Kier alpha value is -2.22. The maximum Gasteiger partial charge on any atom is 0.251 e. The number of ether oxygens (including phenoxy) is 1. The van der Waals surface area contributed by atoms with Crippen molar-refractivity contribution in [1.82, 2.24) is 10.2 Å². The van der Waals surface area contributed by atoms with E-state index >= 15 is 0 Å². The van der Waals surface area contributed by atoms with Gasteiger partial charge in [-0.2, -0.15) is 0 Å². The summed E-state index contributed by atoms with van der Waals surface area (Å²) < 4.78 is 5.47. The Morgan fingerprint density at radius 3 is 2.69 bits per heavy atom. The van der Waals surface area contributed by atoms with Crippen LogP contribution in [0.4, 0.5) is 5.69 Å². The van der Waals surface area contributed by atoms with E-state index in [9.17, 15) is 9.59 Å². The molecule has 7 heteroatoms. The molecule has 0 bridgehead atoms. The number of rotatable bonds is 11. The largest absolute Gasteiger partial charge is 0.379 e. The predicted octanol–water partition coefficient (Wildman–Crippen LogP) is 4.19. The van der Waals surface area contributed by atoms with Crippen molar-refractivity contribution < 1.29 is 14.3 Å². The molecular formula is C25H35N3O3S. The molecule has 1 aliphatic heterocycles. The van der Waals surface area contributed by atoms with Crippen LogP contribution in [0.25, 0.3) is 0 Å². The van der Waals surface area contributed by atoms with Gasteiger partial charge in [0.1, 0.15) is 0 Å². The fourth-order valence-electron chi connectivity index (χ4n) is 4.00. The van der Waals surface area contributed by atoms with Crippen LogP contribution in [0.3, 0.4) is 0 Å². The first-order chi connectivity index (χ1) is 15.5. The maximum absolute atomic E-state index is 12.8. The molecule has 3 rings (SSSR count). The van der Waals surface area contributed by atoms with Crippen molar-refractivity contribution in [3.8, 4) is 0 Å². The molecule has 1 aromatic carbocycles. The molecule has 2 heterocycles. The van der Waals surface area contributed by atoms with Crippen molar-refractivity contribution in [1.29, 1.82) is 0 Å². The van der Waals surface area contributed by atoms with E-state index in [0.717, 1.165) is 45.6 Å². The molecule has 174 valence electrons. The van der Waals surface area contributed by atoms with E-state index in [4.69, 9.17) is 4.74 Å². The van der Waals surface area contributed by atoms with Gasteiger partial charge >= 0.3 is 0 Å². The molecule has 1 aromatic heterocycles. The van der Waals surface area contributed by atoms with Crippen LogP contribution in [0.5, 0.6) is 0 Å². The van der Waals surface area contributed by atoms with Gasteiger partial charge in [-0.15, -0.1) is 11.3 Å². The third-order valence-electron chi connectivity index (χ3n) is 5.62. The summed E-state index contributed by atoms with van der Waals surface area (Å²) in [5.41, 5.74) is 1.22. The van der Waals surface area contributed by atoms with Crippen LogP contribution in [0.15, 0.2) is 41.8 Å². The van der Waals surface area contributed by atoms with Crippen LogP contribution < -0.4 is 10.6 Å². The van der Waals surface area contributed by atoms with E-state index in [1.807, 2.05) is 18.2 Å². The van der Waals surface area contributed by atoms with Crippen LogP contribution in [0, 0.1) is 5.92 Å². The molecule has 32 heavy (non-hydrogen) atoms. The average molecular weight is 458 g/mol. The first-order valence-corrected chi connectivity index (χ1v) is 12.4. The molecule has 0 spiro atoms. The van der Waals surface area contributed by atoms with Crippen molar-refractivity contribution >= 4 is 28.8 Å². The highest BCUT2D eigenvalue weighted by molar-refractivity contribution is 7.09. The molecule has 0 radical (unpaired) electrons. The molecular weight excluding hydrogens is 422 g/mol. The van der Waals surface area contributed by atoms with Crippen LogP contribution in [-0.2, 0) is 16.0 Å². The number of hydrogen-bond donors (Lipinski definition) is 2. The summed E-state index contributed by atoms with van der Waals surface area (Å²) in [7, 11) is 0. The van der Waals surface area contributed by atoms with Crippen LogP contribution >= 0.6 is 11.3 Å². The second-order valence-corrected chi connectivity index (χ2v) is 9.74. The van der Waals surface area contributed by atoms with E-state index in [1.54, 1.807) is 23.5 Å². The second kappa shape index (κ2) is 12.7. The summed E-state index contributed by atoms with van der Waals surface area (Å²) in [6.07, 6.45) is 3.21. The number of benzene rings is 1. The van der Waals surface area contributed by atoms with Gasteiger partial charge in [0.25, 0.3) is 5.91 Å². The van der Waals surface area contributed by atoms with E-state index in [-0.39, 0.29) is 11.8 Å². The fourth-order valence-corrected chi connectivity index (χ4v) is 4.75. The Labute approximate surface area is 195 Å². The number of morpholine rings is 1. The molecule has 1 saturated heterocycles. The van der Waals surface area contributed by atoms with Gasteiger partial charge in [0, 0.05) is 48.2 Å². The molecule has 0 aliphatic carbocycles. The Balaban J connectivity index is 1.49. The number of aryl methyl sites for hydroxylation is 1. The van der Waals surface area contributed by atoms with Gasteiger partial charge in [-0.05, 0) is 54.8 Å². The summed E-state index contributed by atoms with van der Waals surface area (Å²) >= 11 is 1.72. The highest BCUT2D eigenvalue weighted by Gasteiger charge is 2.22. The zero-order chi connectivity index (χ0) is 22.8. The third-order valence-corrected chi connectivity index (χ3v) is 6.56. The van der Waals surface area contributed by atoms with E-state index in [1.165, 1.54) is 4.88 Å². The van der Waals surface area contributed by atoms with Gasteiger partial charge in [-0.25, -0.2) is 0 Å². The Morgan fingerprint density at radius 1 is 1.16 bits per heavy atom. The summed E-state index contributed by atoms with van der Waals surface area (Å²) in [6.45, 7) is 8.33. The number of nitrogens with one attached hydrogen (secondary N) is 2. The molecule has 2 aromatic rings. The van der Waals surface area contributed by atoms with Gasteiger partial charge in [0.05, 0.1) is 13.2 Å². The normalized spacial score (nSPS) is 15.5. The van der Waals surface area contributed by atoms with Crippen molar-refractivity contribution in [2.45, 2.75) is 45.6 Å². The fraction of sp³-hybridized carbons (Fsp3) is 0.520. The number of amides is 2. The minimum atomic E-state index is -0.110. The zero-order valence-corrected chi connectivity index (χ0v) is 20.0. The van der Waals surface area contributed by atoms with Gasteiger partial charge in [-0.1, -0.05) is 26.0 Å². The number of thiophene rings is 1. The molecule has 1 atom stereocenters. The third kappa shape index (κ3) is 8.04. The molecule has 1 unspecified atom stereocenters. The lowest BCUT2D eigenvalue weighted by atomic mass is 10.0. The number of hydrogen-bond acceptors (Lipinski definition) is 5. The first-order valence-electron chi connectivity index (χ1n) is 11.5. The van der Waals surface area contributed by atoms with Gasteiger partial charge in [-0.3, -0.25) is 14.5 Å². The Kier molecular flexibility index (Phi) is 9.71. The van der Waals surface area contributed by atoms with Crippen molar-refractivity contribution in [2.75, 3.05) is 38.2 Å². The number of nitrogens with zero attached hydrogens (tertiary/aromatic N) is 1. The van der Waals surface area contributed by atoms with Crippen LogP contribution in [-0.4, -0.2) is 55.6 Å². The van der Waals surface area contributed by atoms with Gasteiger partial charge < -0.3 is 15.4 Å². The van der Waals surface area contributed by atoms with Crippen molar-refractivity contribution in [3.05, 3.63) is 52.2 Å².